The second-order valence-corrected chi connectivity index (χ2v) is 5.85. The van der Waals surface area contributed by atoms with Crippen molar-refractivity contribution in [1.29, 1.82) is 0 Å². The lowest BCUT2D eigenvalue weighted by Crippen LogP contribution is -2.30. The molecule has 0 bridgehead atoms. The highest BCUT2D eigenvalue weighted by Crippen LogP contribution is 2.32. The van der Waals surface area contributed by atoms with Crippen molar-refractivity contribution >= 4 is 11.3 Å². The fourth-order valence-corrected chi connectivity index (χ4v) is 3.18. The van der Waals surface area contributed by atoms with Gasteiger partial charge in [0.2, 0.25) is 0 Å². The number of aliphatic hydroxyl groups is 1. The third-order valence-corrected chi connectivity index (χ3v) is 4.29. The van der Waals surface area contributed by atoms with Crippen LogP contribution in [0, 0.1) is 5.92 Å². The van der Waals surface area contributed by atoms with Crippen LogP contribution in [0.4, 0.5) is 0 Å². The van der Waals surface area contributed by atoms with Crippen molar-refractivity contribution in [1.82, 2.24) is 0 Å². The molecule has 1 aliphatic rings. The summed E-state index contributed by atoms with van der Waals surface area (Å²) in [5, 5.41) is 14.8. The minimum atomic E-state index is -0.425. The van der Waals surface area contributed by atoms with Gasteiger partial charge in [0.05, 0.1) is 5.60 Å². The van der Waals surface area contributed by atoms with Crippen molar-refractivity contribution in [3.8, 4) is 0 Å². The third kappa shape index (κ3) is 3.05. The highest BCUT2D eigenvalue weighted by Gasteiger charge is 2.29. The molecule has 0 amide bonds. The highest BCUT2D eigenvalue weighted by molar-refractivity contribution is 7.07. The van der Waals surface area contributed by atoms with Gasteiger partial charge in [-0.2, -0.15) is 11.3 Å². The van der Waals surface area contributed by atoms with Gasteiger partial charge in [-0.3, -0.25) is 0 Å². The summed E-state index contributed by atoms with van der Waals surface area (Å²) in [5.41, 5.74) is 0.878. The first kappa shape index (κ1) is 11.2. The van der Waals surface area contributed by atoms with E-state index in [-0.39, 0.29) is 0 Å². The molecule has 1 aromatic rings. The maximum Gasteiger partial charge on any atom is 0.0688 e. The van der Waals surface area contributed by atoms with Crippen LogP contribution in [0.5, 0.6) is 0 Å². The predicted octanol–water partition coefficient (Wildman–Crippen LogP) is 3.62. The van der Waals surface area contributed by atoms with Crippen LogP contribution in [-0.4, -0.2) is 10.7 Å². The summed E-state index contributed by atoms with van der Waals surface area (Å²) >= 11 is 1.72. The lowest BCUT2D eigenvalue weighted by atomic mass is 9.88. The first-order valence-corrected chi connectivity index (χ1v) is 6.86. The van der Waals surface area contributed by atoms with Gasteiger partial charge in [-0.15, -0.1) is 0 Å². The van der Waals surface area contributed by atoms with Crippen molar-refractivity contribution in [3.05, 3.63) is 22.4 Å². The van der Waals surface area contributed by atoms with Crippen molar-refractivity contribution in [3.63, 3.8) is 0 Å². The Morgan fingerprint density at radius 2 is 2.33 bits per heavy atom. The molecule has 2 unspecified atom stereocenters. The molecule has 2 atom stereocenters. The molecule has 2 heteroatoms. The number of hydrogen-bond donors (Lipinski definition) is 1. The molecule has 0 spiro atoms. The maximum absolute atomic E-state index is 10.5. The average Bonchev–Trinajstić information content (AvgIpc) is 2.61. The molecule has 0 aliphatic heterocycles. The maximum atomic E-state index is 10.5. The average molecular weight is 224 g/mol. The van der Waals surface area contributed by atoms with E-state index in [9.17, 15) is 5.11 Å². The smallest absolute Gasteiger partial charge is 0.0688 e. The molecule has 0 radical (unpaired) electrons. The molecule has 15 heavy (non-hydrogen) atoms. The summed E-state index contributed by atoms with van der Waals surface area (Å²) in [6.45, 7) is 2.30. The Bertz CT molecular complexity index is 293. The molecule has 1 N–H and O–H groups in total. The zero-order valence-electron chi connectivity index (χ0n) is 9.41. The van der Waals surface area contributed by atoms with Crippen molar-refractivity contribution < 1.29 is 5.11 Å². The van der Waals surface area contributed by atoms with Crippen molar-refractivity contribution in [2.24, 2.45) is 5.92 Å². The Hall–Kier alpha value is -0.340. The van der Waals surface area contributed by atoms with Crippen LogP contribution in [0.3, 0.4) is 0 Å². The van der Waals surface area contributed by atoms with Gasteiger partial charge in [0.15, 0.2) is 0 Å². The van der Waals surface area contributed by atoms with Gasteiger partial charge >= 0.3 is 0 Å². The molecule has 2 rings (SSSR count). The van der Waals surface area contributed by atoms with E-state index in [4.69, 9.17) is 0 Å². The van der Waals surface area contributed by atoms with Crippen LogP contribution >= 0.6 is 11.3 Å². The van der Waals surface area contributed by atoms with E-state index in [1.807, 2.05) is 0 Å². The number of thiophene rings is 1. The fourth-order valence-electron chi connectivity index (χ4n) is 2.51. The summed E-state index contributed by atoms with van der Waals surface area (Å²) in [7, 11) is 0. The predicted molar refractivity (Wildman–Crippen MR) is 65.2 cm³/mol. The van der Waals surface area contributed by atoms with E-state index >= 15 is 0 Å². The quantitative estimate of drug-likeness (QED) is 0.761. The summed E-state index contributed by atoms with van der Waals surface area (Å²) < 4.78 is 0. The van der Waals surface area contributed by atoms with E-state index in [1.54, 1.807) is 11.3 Å². The van der Waals surface area contributed by atoms with Gasteiger partial charge in [-0.1, -0.05) is 19.8 Å². The molecule has 1 nitrogen and oxygen atoms in total. The Morgan fingerprint density at radius 1 is 1.47 bits per heavy atom. The summed E-state index contributed by atoms with van der Waals surface area (Å²) in [6, 6.07) is 2.14. The highest BCUT2D eigenvalue weighted by atomic mass is 32.1. The van der Waals surface area contributed by atoms with Crippen LogP contribution in [0.1, 0.15) is 44.6 Å². The van der Waals surface area contributed by atoms with Crippen LogP contribution in [0.25, 0.3) is 0 Å². The summed E-state index contributed by atoms with van der Waals surface area (Å²) in [4.78, 5) is 0. The van der Waals surface area contributed by atoms with Crippen LogP contribution in [0.15, 0.2) is 16.8 Å². The van der Waals surface area contributed by atoms with Crippen LogP contribution in [-0.2, 0) is 6.42 Å². The van der Waals surface area contributed by atoms with E-state index in [2.05, 4.69) is 23.8 Å². The molecule has 0 saturated heterocycles. The lowest BCUT2D eigenvalue weighted by Gasteiger charge is -2.26. The first-order chi connectivity index (χ1) is 7.18. The van der Waals surface area contributed by atoms with E-state index < -0.39 is 5.60 Å². The summed E-state index contributed by atoms with van der Waals surface area (Å²) in [5.74, 6) is 0.793. The fraction of sp³-hybridized carbons (Fsp3) is 0.692. The van der Waals surface area contributed by atoms with Gasteiger partial charge in [-0.25, -0.2) is 0 Å². The monoisotopic (exact) mass is 224 g/mol. The second kappa shape index (κ2) is 4.67. The van der Waals surface area contributed by atoms with Gasteiger partial charge < -0.3 is 5.11 Å². The molecule has 1 fully saturated rings. The van der Waals surface area contributed by atoms with Gasteiger partial charge in [0.1, 0.15) is 0 Å². The standard InChI is InChI=1S/C13H20OS/c1-11-3-2-6-13(14,7-4-11)9-12-5-8-15-10-12/h5,8,10-11,14H,2-4,6-7,9H2,1H3. The number of rotatable bonds is 2. The first-order valence-electron chi connectivity index (χ1n) is 5.91. The summed E-state index contributed by atoms with van der Waals surface area (Å²) in [6.07, 6.45) is 6.45. The van der Waals surface area contributed by atoms with E-state index in [1.165, 1.54) is 24.8 Å². The molecule has 1 aliphatic carbocycles. The second-order valence-electron chi connectivity index (χ2n) is 5.07. The zero-order valence-corrected chi connectivity index (χ0v) is 10.2. The molecule has 1 aromatic heterocycles. The van der Waals surface area contributed by atoms with E-state index in [0.717, 1.165) is 25.2 Å². The Balaban J connectivity index is 1.99. The van der Waals surface area contributed by atoms with Gasteiger partial charge in [0.25, 0.3) is 0 Å². The topological polar surface area (TPSA) is 20.2 Å². The zero-order chi connectivity index (χ0) is 10.7. The van der Waals surface area contributed by atoms with Crippen molar-refractivity contribution in [2.75, 3.05) is 0 Å². The Labute approximate surface area is 96.1 Å². The van der Waals surface area contributed by atoms with Crippen LogP contribution < -0.4 is 0 Å². The van der Waals surface area contributed by atoms with Gasteiger partial charge in [0, 0.05) is 6.42 Å². The Kier molecular flexibility index (Phi) is 3.47. The lowest BCUT2D eigenvalue weighted by molar-refractivity contribution is 0.0245. The van der Waals surface area contributed by atoms with Gasteiger partial charge in [-0.05, 0) is 47.6 Å². The normalized spacial score (nSPS) is 32.5. The molecule has 84 valence electrons. The molecular formula is C13H20OS. The van der Waals surface area contributed by atoms with E-state index in [0.29, 0.717) is 0 Å². The molecule has 1 saturated carbocycles. The van der Waals surface area contributed by atoms with Crippen molar-refractivity contribution in [2.45, 2.75) is 51.0 Å². The molecule has 0 aromatic carbocycles. The SMILES string of the molecule is CC1CCCC(O)(Cc2ccsc2)CC1. The van der Waals surface area contributed by atoms with Crippen LogP contribution in [0.2, 0.25) is 0 Å². The minimum Gasteiger partial charge on any atom is -0.390 e. The molecular weight excluding hydrogens is 204 g/mol. The minimum absolute atomic E-state index is 0.425. The Morgan fingerprint density at radius 3 is 3.07 bits per heavy atom. The largest absolute Gasteiger partial charge is 0.390 e. The molecule has 1 heterocycles. The number of hydrogen-bond acceptors (Lipinski definition) is 2. The third-order valence-electron chi connectivity index (χ3n) is 3.55.